The van der Waals surface area contributed by atoms with Gasteiger partial charge in [-0.05, 0) is 72.0 Å². The number of hydrogen-bond donors (Lipinski definition) is 1. The summed E-state index contributed by atoms with van der Waals surface area (Å²) in [5.74, 6) is 1.08. The van der Waals surface area contributed by atoms with Crippen LogP contribution in [0.4, 0.5) is 16.2 Å². The van der Waals surface area contributed by atoms with Gasteiger partial charge in [0, 0.05) is 31.2 Å². The molecule has 1 fully saturated rings. The fraction of sp³-hybridized carbons (Fsp3) is 0.393. The number of anilines is 2. The minimum Gasteiger partial charge on any atom is -0.337 e. The summed E-state index contributed by atoms with van der Waals surface area (Å²) in [6.07, 6.45) is 2.10. The van der Waals surface area contributed by atoms with Crippen molar-refractivity contribution in [3.63, 3.8) is 0 Å². The van der Waals surface area contributed by atoms with Gasteiger partial charge in [0.1, 0.15) is 17.3 Å². The SMILES string of the molecule is Cc1nc(Nc2ncc(F)c(-c3ccc4nc(C)n(C(C)C)c4c3)n2)ccc1C(=O)N1CCCN(C)CC1. The van der Waals surface area contributed by atoms with Gasteiger partial charge in [-0.2, -0.15) is 0 Å². The Hall–Kier alpha value is -3.92. The molecule has 38 heavy (non-hydrogen) atoms. The number of amides is 1. The van der Waals surface area contributed by atoms with Gasteiger partial charge in [-0.3, -0.25) is 4.79 Å². The second-order valence-electron chi connectivity index (χ2n) is 10.1. The van der Waals surface area contributed by atoms with Crippen LogP contribution in [-0.4, -0.2) is 73.4 Å². The highest BCUT2D eigenvalue weighted by Gasteiger charge is 2.21. The molecule has 0 saturated carbocycles. The summed E-state index contributed by atoms with van der Waals surface area (Å²) in [7, 11) is 2.07. The Labute approximate surface area is 221 Å². The number of aryl methyl sites for hydroxylation is 2. The first-order valence-corrected chi connectivity index (χ1v) is 12.9. The van der Waals surface area contributed by atoms with Gasteiger partial charge in [-0.25, -0.2) is 24.3 Å². The molecule has 0 spiro atoms. The van der Waals surface area contributed by atoms with E-state index in [1.54, 1.807) is 12.1 Å². The standard InChI is InChI=1S/C28H33FN8O/c1-17(2)37-19(4)32-23-9-7-20(15-24(23)37)26-22(29)16-30-28(34-26)33-25-10-8-21(18(3)31-25)27(38)36-12-6-11-35(5)13-14-36/h7-10,15-17H,6,11-14H2,1-5H3,(H,30,31,33,34). The molecule has 198 valence electrons. The normalized spacial score (nSPS) is 14.8. The van der Waals surface area contributed by atoms with E-state index in [0.29, 0.717) is 29.2 Å². The zero-order valence-electron chi connectivity index (χ0n) is 22.5. The molecule has 1 aliphatic heterocycles. The van der Waals surface area contributed by atoms with E-state index in [9.17, 15) is 9.18 Å². The zero-order chi connectivity index (χ0) is 27.0. The number of fused-ring (bicyclic) bond motifs is 1. The lowest BCUT2D eigenvalue weighted by atomic mass is 10.1. The Bertz CT molecular complexity index is 1500. The molecule has 0 radical (unpaired) electrons. The molecule has 1 aliphatic rings. The van der Waals surface area contributed by atoms with Crippen molar-refractivity contribution in [2.24, 2.45) is 0 Å². The molecule has 9 nitrogen and oxygen atoms in total. The molecule has 3 aromatic heterocycles. The summed E-state index contributed by atoms with van der Waals surface area (Å²) in [5.41, 5.74) is 3.79. The molecule has 0 bridgehead atoms. The number of halogens is 1. The van der Waals surface area contributed by atoms with Crippen molar-refractivity contribution in [3.8, 4) is 11.3 Å². The van der Waals surface area contributed by atoms with Crippen molar-refractivity contribution in [1.29, 1.82) is 0 Å². The largest absolute Gasteiger partial charge is 0.337 e. The van der Waals surface area contributed by atoms with Crippen LogP contribution in [0, 0.1) is 19.7 Å². The molecule has 4 aromatic rings. The van der Waals surface area contributed by atoms with E-state index in [4.69, 9.17) is 0 Å². The van der Waals surface area contributed by atoms with Crippen LogP contribution in [0.5, 0.6) is 0 Å². The maximum absolute atomic E-state index is 14.9. The van der Waals surface area contributed by atoms with Gasteiger partial charge in [-0.1, -0.05) is 6.07 Å². The molecule has 0 atom stereocenters. The number of nitrogens with zero attached hydrogens (tertiary/aromatic N) is 7. The van der Waals surface area contributed by atoms with Crippen LogP contribution < -0.4 is 5.32 Å². The molecule has 1 saturated heterocycles. The summed E-state index contributed by atoms with van der Waals surface area (Å²) in [4.78, 5) is 35.0. The summed E-state index contributed by atoms with van der Waals surface area (Å²) in [6, 6.07) is 9.33. The number of likely N-dealkylation sites (N-methyl/N-ethyl adjacent to an activating group) is 1. The molecule has 1 N–H and O–H groups in total. The minimum absolute atomic E-state index is 0.0107. The maximum atomic E-state index is 14.9. The molecule has 0 unspecified atom stereocenters. The van der Waals surface area contributed by atoms with Gasteiger partial charge in [-0.15, -0.1) is 0 Å². The smallest absolute Gasteiger partial charge is 0.255 e. The third-order valence-electron chi connectivity index (χ3n) is 6.96. The van der Waals surface area contributed by atoms with E-state index in [-0.39, 0.29) is 23.6 Å². The van der Waals surface area contributed by atoms with E-state index in [1.165, 1.54) is 0 Å². The number of benzene rings is 1. The van der Waals surface area contributed by atoms with Gasteiger partial charge in [0.25, 0.3) is 5.91 Å². The van der Waals surface area contributed by atoms with E-state index < -0.39 is 5.82 Å². The van der Waals surface area contributed by atoms with Gasteiger partial charge >= 0.3 is 0 Å². The Morgan fingerprint density at radius 1 is 1.03 bits per heavy atom. The highest BCUT2D eigenvalue weighted by molar-refractivity contribution is 5.95. The van der Waals surface area contributed by atoms with Crippen molar-refractivity contribution in [2.75, 3.05) is 38.5 Å². The lowest BCUT2D eigenvalue weighted by Crippen LogP contribution is -2.35. The van der Waals surface area contributed by atoms with E-state index in [1.807, 2.05) is 36.9 Å². The van der Waals surface area contributed by atoms with Crippen LogP contribution in [-0.2, 0) is 0 Å². The Morgan fingerprint density at radius 3 is 2.61 bits per heavy atom. The number of rotatable bonds is 5. The van der Waals surface area contributed by atoms with Gasteiger partial charge in [0.15, 0.2) is 5.82 Å². The van der Waals surface area contributed by atoms with E-state index >= 15 is 0 Å². The van der Waals surface area contributed by atoms with Crippen LogP contribution in [0.25, 0.3) is 22.3 Å². The number of carbonyl (C=O) groups excluding carboxylic acids is 1. The molecule has 10 heteroatoms. The Morgan fingerprint density at radius 2 is 1.84 bits per heavy atom. The van der Waals surface area contributed by atoms with Gasteiger partial charge < -0.3 is 19.7 Å². The van der Waals surface area contributed by atoms with E-state index in [0.717, 1.165) is 49.1 Å². The fourth-order valence-corrected chi connectivity index (χ4v) is 5.03. The average Bonchev–Trinajstić information content (AvgIpc) is 3.06. The molecule has 1 amide bonds. The van der Waals surface area contributed by atoms with Gasteiger partial charge in [0.05, 0.1) is 28.5 Å². The van der Waals surface area contributed by atoms with Gasteiger partial charge in [0.2, 0.25) is 5.95 Å². The summed E-state index contributed by atoms with van der Waals surface area (Å²) >= 11 is 0. The van der Waals surface area contributed by atoms with Crippen LogP contribution in [0.15, 0.2) is 36.5 Å². The van der Waals surface area contributed by atoms with Crippen molar-refractivity contribution < 1.29 is 9.18 Å². The average molecular weight is 517 g/mol. The first-order chi connectivity index (χ1) is 18.2. The predicted molar refractivity (Wildman–Crippen MR) is 146 cm³/mol. The Kier molecular flexibility index (Phi) is 7.07. The lowest BCUT2D eigenvalue weighted by molar-refractivity contribution is 0.0761. The molecular formula is C28H33FN8O. The van der Waals surface area contributed by atoms with Crippen molar-refractivity contribution in [2.45, 2.75) is 40.2 Å². The van der Waals surface area contributed by atoms with Crippen molar-refractivity contribution >= 4 is 28.7 Å². The number of nitrogens with one attached hydrogen (secondary N) is 1. The zero-order valence-corrected chi connectivity index (χ0v) is 22.5. The van der Waals surface area contributed by atoms with E-state index in [2.05, 4.69) is 55.6 Å². The van der Waals surface area contributed by atoms with Crippen molar-refractivity contribution in [1.82, 2.24) is 34.3 Å². The molecule has 0 aliphatic carbocycles. The minimum atomic E-state index is -0.518. The molecule has 5 rings (SSSR count). The predicted octanol–water partition coefficient (Wildman–Crippen LogP) is 4.75. The number of aromatic nitrogens is 5. The monoisotopic (exact) mass is 516 g/mol. The lowest BCUT2D eigenvalue weighted by Gasteiger charge is -2.21. The first kappa shape index (κ1) is 25.7. The second-order valence-corrected chi connectivity index (χ2v) is 10.1. The quantitative estimate of drug-likeness (QED) is 0.409. The van der Waals surface area contributed by atoms with Crippen LogP contribution in [0.3, 0.4) is 0 Å². The highest BCUT2D eigenvalue weighted by atomic mass is 19.1. The first-order valence-electron chi connectivity index (χ1n) is 12.9. The number of hydrogen-bond acceptors (Lipinski definition) is 7. The number of imidazole rings is 1. The maximum Gasteiger partial charge on any atom is 0.255 e. The summed E-state index contributed by atoms with van der Waals surface area (Å²) in [5, 5.41) is 3.07. The molecular weight excluding hydrogens is 483 g/mol. The van der Waals surface area contributed by atoms with Crippen LogP contribution >= 0.6 is 0 Å². The van der Waals surface area contributed by atoms with Crippen LogP contribution in [0.2, 0.25) is 0 Å². The van der Waals surface area contributed by atoms with Crippen molar-refractivity contribution in [3.05, 3.63) is 59.4 Å². The summed E-state index contributed by atoms with van der Waals surface area (Å²) < 4.78 is 17.0. The second kappa shape index (κ2) is 10.4. The molecule has 1 aromatic carbocycles. The third kappa shape index (κ3) is 5.08. The summed E-state index contributed by atoms with van der Waals surface area (Å²) in [6.45, 7) is 11.2. The third-order valence-corrected chi connectivity index (χ3v) is 6.96. The topological polar surface area (TPSA) is 92.1 Å². The number of carbonyl (C=O) groups is 1. The molecule has 4 heterocycles. The highest BCUT2D eigenvalue weighted by Crippen LogP contribution is 2.28. The van der Waals surface area contributed by atoms with Crippen LogP contribution in [0.1, 0.15) is 48.2 Å². The fourth-order valence-electron chi connectivity index (χ4n) is 5.03. The Balaban J connectivity index is 1.39. The number of pyridine rings is 1.